The summed E-state index contributed by atoms with van der Waals surface area (Å²) in [6, 6.07) is 3.88. The zero-order valence-electron chi connectivity index (χ0n) is 12.3. The number of nitrogens with one attached hydrogen (secondary N) is 1. The molecule has 116 valence electrons. The number of amides is 1. The Morgan fingerprint density at radius 1 is 1.52 bits per heavy atom. The molecule has 1 rings (SSSR count). The molecule has 1 aromatic carbocycles. The minimum atomic E-state index is -0.585. The molecular formula is C14H21N3O4. The molecule has 0 radical (unpaired) electrons. The average Bonchev–Trinajstić information content (AvgIpc) is 2.50. The minimum Gasteiger partial charge on any atom is -0.497 e. The summed E-state index contributed by atoms with van der Waals surface area (Å²) in [5.41, 5.74) is 5.35. The molecule has 0 fully saturated rings. The summed E-state index contributed by atoms with van der Waals surface area (Å²) in [6.07, 6.45) is 2.67. The lowest BCUT2D eigenvalue weighted by molar-refractivity contribution is -0.385. The Morgan fingerprint density at radius 3 is 2.76 bits per heavy atom. The minimum absolute atomic E-state index is 0.0192. The van der Waals surface area contributed by atoms with E-state index in [1.165, 1.54) is 25.3 Å². The Bertz CT molecular complexity index is 505. The second kappa shape index (κ2) is 8.21. The number of rotatable bonds is 8. The number of nitrogens with zero attached hydrogens (tertiary/aromatic N) is 1. The highest BCUT2D eigenvalue weighted by Gasteiger charge is 2.22. The first kappa shape index (κ1) is 16.9. The number of nitro groups is 1. The summed E-state index contributed by atoms with van der Waals surface area (Å²) in [7, 11) is 1.44. The largest absolute Gasteiger partial charge is 0.497 e. The van der Waals surface area contributed by atoms with E-state index in [9.17, 15) is 14.9 Å². The fraction of sp³-hybridized carbons (Fsp3) is 0.500. The van der Waals surface area contributed by atoms with Gasteiger partial charge in [0.05, 0.1) is 12.0 Å². The number of nitrogens with two attached hydrogens (primary N) is 1. The lowest BCUT2D eigenvalue weighted by Crippen LogP contribution is -2.40. The number of hydrogen-bond acceptors (Lipinski definition) is 5. The molecule has 0 aromatic heterocycles. The van der Waals surface area contributed by atoms with E-state index < -0.39 is 10.8 Å². The van der Waals surface area contributed by atoms with E-state index in [4.69, 9.17) is 10.5 Å². The maximum atomic E-state index is 12.2. The van der Waals surface area contributed by atoms with Gasteiger partial charge in [0, 0.05) is 18.7 Å². The molecule has 1 amide bonds. The fourth-order valence-corrected chi connectivity index (χ4v) is 1.95. The Morgan fingerprint density at radius 2 is 2.24 bits per heavy atom. The van der Waals surface area contributed by atoms with Gasteiger partial charge in [-0.3, -0.25) is 14.9 Å². The van der Waals surface area contributed by atoms with Crippen LogP contribution in [0.2, 0.25) is 0 Å². The van der Waals surface area contributed by atoms with E-state index >= 15 is 0 Å². The van der Waals surface area contributed by atoms with Crippen LogP contribution in [0.1, 0.15) is 36.5 Å². The molecule has 0 aliphatic heterocycles. The quantitative estimate of drug-likeness (QED) is 0.562. The summed E-state index contributed by atoms with van der Waals surface area (Å²) in [6.45, 7) is 2.34. The Hall–Kier alpha value is -2.15. The number of benzene rings is 1. The molecule has 1 unspecified atom stereocenters. The monoisotopic (exact) mass is 295 g/mol. The average molecular weight is 295 g/mol. The van der Waals surface area contributed by atoms with Gasteiger partial charge in [0.25, 0.3) is 11.6 Å². The van der Waals surface area contributed by atoms with Crippen LogP contribution < -0.4 is 15.8 Å². The molecule has 0 aliphatic carbocycles. The van der Waals surface area contributed by atoms with Crippen molar-refractivity contribution in [3.05, 3.63) is 33.9 Å². The number of carbonyl (C=O) groups excluding carboxylic acids is 1. The van der Waals surface area contributed by atoms with Crippen molar-refractivity contribution in [3.8, 4) is 5.75 Å². The summed E-state index contributed by atoms with van der Waals surface area (Å²) >= 11 is 0. The van der Waals surface area contributed by atoms with E-state index in [1.54, 1.807) is 0 Å². The molecule has 0 saturated carbocycles. The predicted molar refractivity (Wildman–Crippen MR) is 79.5 cm³/mol. The third-order valence-electron chi connectivity index (χ3n) is 3.17. The molecule has 0 saturated heterocycles. The highest BCUT2D eigenvalue weighted by molar-refractivity contribution is 5.98. The molecule has 0 bridgehead atoms. The van der Waals surface area contributed by atoms with Crippen molar-refractivity contribution in [2.75, 3.05) is 13.7 Å². The highest BCUT2D eigenvalue weighted by Crippen LogP contribution is 2.24. The summed E-state index contributed by atoms with van der Waals surface area (Å²) in [5, 5.41) is 13.8. The smallest absolute Gasteiger partial charge is 0.282 e. The van der Waals surface area contributed by atoms with Crippen LogP contribution in [0, 0.1) is 10.1 Å². The number of unbranched alkanes of at least 4 members (excludes halogenated alkanes) is 1. The summed E-state index contributed by atoms with van der Waals surface area (Å²) in [5.74, 6) is -0.115. The van der Waals surface area contributed by atoms with Crippen LogP contribution in [0.5, 0.6) is 5.75 Å². The van der Waals surface area contributed by atoms with Crippen LogP contribution in [0.4, 0.5) is 5.69 Å². The molecule has 1 aromatic rings. The van der Waals surface area contributed by atoms with Crippen molar-refractivity contribution in [2.45, 2.75) is 32.2 Å². The predicted octanol–water partition coefficient (Wildman–Crippen LogP) is 1.85. The molecule has 1 atom stereocenters. The highest BCUT2D eigenvalue weighted by atomic mass is 16.6. The molecule has 7 heteroatoms. The van der Waals surface area contributed by atoms with E-state index in [0.717, 1.165) is 19.3 Å². The lowest BCUT2D eigenvalue weighted by atomic mass is 10.1. The van der Waals surface area contributed by atoms with Crippen LogP contribution in [0.3, 0.4) is 0 Å². The Kier molecular flexibility index (Phi) is 6.61. The molecule has 0 aliphatic rings. The van der Waals surface area contributed by atoms with Gasteiger partial charge in [-0.05, 0) is 18.6 Å². The number of ether oxygens (including phenoxy) is 1. The van der Waals surface area contributed by atoms with E-state index in [1.807, 2.05) is 6.92 Å². The zero-order chi connectivity index (χ0) is 15.8. The van der Waals surface area contributed by atoms with Crippen molar-refractivity contribution in [3.63, 3.8) is 0 Å². The van der Waals surface area contributed by atoms with Gasteiger partial charge in [0.15, 0.2) is 0 Å². The van der Waals surface area contributed by atoms with Crippen molar-refractivity contribution in [2.24, 2.45) is 5.73 Å². The first-order chi connectivity index (χ1) is 10.0. The van der Waals surface area contributed by atoms with E-state index in [-0.39, 0.29) is 17.3 Å². The zero-order valence-corrected chi connectivity index (χ0v) is 12.3. The third kappa shape index (κ3) is 4.71. The summed E-state index contributed by atoms with van der Waals surface area (Å²) < 4.78 is 5.01. The van der Waals surface area contributed by atoms with Gasteiger partial charge >= 0.3 is 0 Å². The molecule has 7 nitrogen and oxygen atoms in total. The molecule has 21 heavy (non-hydrogen) atoms. The van der Waals surface area contributed by atoms with Crippen LogP contribution >= 0.6 is 0 Å². The molecule has 3 N–H and O–H groups in total. The third-order valence-corrected chi connectivity index (χ3v) is 3.17. The lowest BCUT2D eigenvalue weighted by Gasteiger charge is -2.16. The topological polar surface area (TPSA) is 107 Å². The van der Waals surface area contributed by atoms with Gasteiger partial charge in [-0.2, -0.15) is 0 Å². The first-order valence-corrected chi connectivity index (χ1v) is 6.86. The first-order valence-electron chi connectivity index (χ1n) is 6.86. The fourth-order valence-electron chi connectivity index (χ4n) is 1.95. The maximum absolute atomic E-state index is 12.2. The maximum Gasteiger partial charge on any atom is 0.282 e. The van der Waals surface area contributed by atoms with Crippen molar-refractivity contribution < 1.29 is 14.5 Å². The Balaban J connectivity index is 2.96. The van der Waals surface area contributed by atoms with Gasteiger partial charge in [-0.15, -0.1) is 0 Å². The second-order valence-corrected chi connectivity index (χ2v) is 4.69. The summed E-state index contributed by atoms with van der Waals surface area (Å²) in [4.78, 5) is 22.7. The number of methoxy groups -OCH3 is 1. The van der Waals surface area contributed by atoms with E-state index in [2.05, 4.69) is 5.32 Å². The van der Waals surface area contributed by atoms with E-state index in [0.29, 0.717) is 12.3 Å². The number of nitro benzene ring substituents is 1. The van der Waals surface area contributed by atoms with Crippen molar-refractivity contribution >= 4 is 11.6 Å². The van der Waals surface area contributed by atoms with Crippen molar-refractivity contribution in [1.29, 1.82) is 0 Å². The van der Waals surface area contributed by atoms with Gasteiger partial charge < -0.3 is 15.8 Å². The van der Waals surface area contributed by atoms with Crippen LogP contribution in [0.15, 0.2) is 18.2 Å². The molecule has 0 spiro atoms. The van der Waals surface area contributed by atoms with Gasteiger partial charge in [0.1, 0.15) is 11.3 Å². The van der Waals surface area contributed by atoms with Gasteiger partial charge in [0.2, 0.25) is 0 Å². The normalized spacial score (nSPS) is 11.8. The van der Waals surface area contributed by atoms with Crippen molar-refractivity contribution in [1.82, 2.24) is 5.32 Å². The van der Waals surface area contributed by atoms with Gasteiger partial charge in [-0.1, -0.05) is 19.8 Å². The van der Waals surface area contributed by atoms with Crippen LogP contribution in [-0.2, 0) is 0 Å². The molecular weight excluding hydrogens is 274 g/mol. The standard InChI is InChI=1S/C14H21N3O4/c1-3-4-5-10(9-15)16-14(18)12-8-11(21-2)6-7-13(12)17(19)20/h6-8,10H,3-5,9,15H2,1-2H3,(H,16,18). The SMILES string of the molecule is CCCCC(CN)NC(=O)c1cc(OC)ccc1[N+](=O)[O-]. The number of carbonyl (C=O) groups is 1. The molecule has 0 heterocycles. The number of hydrogen-bond donors (Lipinski definition) is 2. The Labute approximate surface area is 123 Å². The van der Waals surface area contributed by atoms with Crippen LogP contribution in [-0.4, -0.2) is 30.5 Å². The van der Waals surface area contributed by atoms with Gasteiger partial charge in [-0.25, -0.2) is 0 Å². The second-order valence-electron chi connectivity index (χ2n) is 4.69. The van der Waals surface area contributed by atoms with Crippen LogP contribution in [0.25, 0.3) is 0 Å².